The van der Waals surface area contributed by atoms with Gasteiger partial charge in [-0.15, -0.1) is 0 Å². The second kappa shape index (κ2) is 5.48. The lowest BCUT2D eigenvalue weighted by molar-refractivity contribution is -0.120. The van der Waals surface area contributed by atoms with Gasteiger partial charge in [-0.3, -0.25) is 9.69 Å². The van der Waals surface area contributed by atoms with Crippen LogP contribution in [0, 0.1) is 0 Å². The van der Waals surface area contributed by atoms with Gasteiger partial charge in [-0.25, -0.2) is 0 Å². The monoisotopic (exact) mass is 308 g/mol. The summed E-state index contributed by atoms with van der Waals surface area (Å²) in [5.74, 6) is 0.136. The Morgan fingerprint density at radius 3 is 2.61 bits per heavy atom. The molecule has 0 saturated carbocycles. The van der Waals surface area contributed by atoms with Crippen molar-refractivity contribution in [1.82, 2.24) is 4.90 Å². The highest BCUT2D eigenvalue weighted by molar-refractivity contribution is 6.06. The molecule has 2 heterocycles. The highest BCUT2D eigenvalue weighted by atomic mass is 16.3. The quantitative estimate of drug-likeness (QED) is 0.914. The summed E-state index contributed by atoms with van der Waals surface area (Å²) in [6.07, 6.45) is 0.866. The van der Waals surface area contributed by atoms with Gasteiger partial charge in [0, 0.05) is 18.8 Å². The molecule has 2 N–H and O–H groups in total. The van der Waals surface area contributed by atoms with Gasteiger partial charge in [0.25, 0.3) is 0 Å². The number of hydrogen-bond donors (Lipinski definition) is 2. The largest absolute Gasteiger partial charge is 0.392 e. The number of carbonyl (C=O) groups excluding carboxylic acids is 1. The van der Waals surface area contributed by atoms with Crippen molar-refractivity contribution in [2.24, 2.45) is 0 Å². The number of anilines is 1. The molecular weight excluding hydrogens is 288 g/mol. The van der Waals surface area contributed by atoms with Crippen LogP contribution in [-0.2, 0) is 23.4 Å². The molecule has 118 valence electrons. The molecule has 0 bridgehead atoms. The Bertz CT molecular complexity index is 741. The van der Waals surface area contributed by atoms with E-state index in [1.807, 2.05) is 30.3 Å². The third-order valence-corrected chi connectivity index (χ3v) is 5.09. The highest BCUT2D eigenvalue weighted by Crippen LogP contribution is 2.44. The summed E-state index contributed by atoms with van der Waals surface area (Å²) < 4.78 is 0. The molecule has 1 spiro atoms. The Morgan fingerprint density at radius 1 is 1.09 bits per heavy atom. The van der Waals surface area contributed by atoms with Crippen LogP contribution >= 0.6 is 0 Å². The lowest BCUT2D eigenvalue weighted by Crippen LogP contribution is -2.37. The van der Waals surface area contributed by atoms with Crippen molar-refractivity contribution in [2.75, 3.05) is 18.4 Å². The van der Waals surface area contributed by atoms with Gasteiger partial charge in [-0.1, -0.05) is 42.5 Å². The fourth-order valence-corrected chi connectivity index (χ4v) is 3.81. The molecule has 0 aliphatic carbocycles. The smallest absolute Gasteiger partial charge is 0.236 e. The molecule has 1 amide bonds. The number of nitrogens with zero attached hydrogens (tertiary/aromatic N) is 1. The van der Waals surface area contributed by atoms with E-state index in [4.69, 9.17) is 5.11 Å². The van der Waals surface area contributed by atoms with Crippen molar-refractivity contribution in [3.05, 3.63) is 65.2 Å². The minimum Gasteiger partial charge on any atom is -0.392 e. The Labute approximate surface area is 135 Å². The summed E-state index contributed by atoms with van der Waals surface area (Å²) >= 11 is 0. The van der Waals surface area contributed by atoms with Crippen molar-refractivity contribution in [3.8, 4) is 0 Å². The Balaban J connectivity index is 1.54. The number of fused-ring (bicyclic) bond motifs is 2. The molecule has 4 rings (SSSR count). The SMILES string of the molecule is O=C1Nc2ccccc2C12CCN(Cc1ccc(CO)cc1)C2. The number of nitrogens with one attached hydrogen (secondary N) is 1. The van der Waals surface area contributed by atoms with Crippen LogP contribution in [0.3, 0.4) is 0 Å². The molecule has 0 radical (unpaired) electrons. The first kappa shape index (κ1) is 14.4. The van der Waals surface area contributed by atoms with Gasteiger partial charge in [-0.2, -0.15) is 0 Å². The van der Waals surface area contributed by atoms with Gasteiger partial charge < -0.3 is 10.4 Å². The zero-order valence-electron chi connectivity index (χ0n) is 13.0. The summed E-state index contributed by atoms with van der Waals surface area (Å²) in [6, 6.07) is 16.1. The lowest BCUT2D eigenvalue weighted by atomic mass is 9.81. The van der Waals surface area contributed by atoms with Gasteiger partial charge in [0.1, 0.15) is 0 Å². The van der Waals surface area contributed by atoms with Crippen LogP contribution in [0.15, 0.2) is 48.5 Å². The summed E-state index contributed by atoms with van der Waals surface area (Å²) in [4.78, 5) is 14.9. The van der Waals surface area contributed by atoms with Crippen LogP contribution in [0.5, 0.6) is 0 Å². The first-order valence-electron chi connectivity index (χ1n) is 8.03. The fourth-order valence-electron chi connectivity index (χ4n) is 3.81. The van der Waals surface area contributed by atoms with Crippen molar-refractivity contribution in [1.29, 1.82) is 0 Å². The molecule has 2 aromatic rings. The number of carbonyl (C=O) groups is 1. The van der Waals surface area contributed by atoms with Crippen LogP contribution in [0.25, 0.3) is 0 Å². The molecule has 23 heavy (non-hydrogen) atoms. The number of amides is 1. The van der Waals surface area contributed by atoms with Crippen LogP contribution in [0.4, 0.5) is 5.69 Å². The summed E-state index contributed by atoms with van der Waals surface area (Å²) in [7, 11) is 0. The number of aliphatic hydroxyl groups is 1. The minimum atomic E-state index is -0.387. The molecular formula is C19H20N2O2. The minimum absolute atomic E-state index is 0.0735. The first-order chi connectivity index (χ1) is 11.2. The molecule has 0 aromatic heterocycles. The van der Waals surface area contributed by atoms with Crippen molar-refractivity contribution >= 4 is 11.6 Å². The van der Waals surface area contributed by atoms with E-state index in [1.54, 1.807) is 0 Å². The standard InChI is InChI=1S/C19H20N2O2/c22-12-15-7-5-14(6-8-15)11-21-10-9-19(13-21)16-3-1-2-4-17(16)20-18(19)23/h1-8,22H,9-13H2,(H,20,23). The third kappa shape index (κ3) is 2.35. The molecule has 1 saturated heterocycles. The van der Waals surface area contributed by atoms with E-state index >= 15 is 0 Å². The van der Waals surface area contributed by atoms with Crippen LogP contribution < -0.4 is 5.32 Å². The molecule has 1 unspecified atom stereocenters. The number of benzene rings is 2. The maximum absolute atomic E-state index is 12.6. The van der Waals surface area contributed by atoms with E-state index in [1.165, 1.54) is 5.56 Å². The average Bonchev–Trinajstić information content (AvgIpc) is 3.12. The van der Waals surface area contributed by atoms with Gasteiger partial charge in [0.05, 0.1) is 12.0 Å². The fraction of sp³-hybridized carbons (Fsp3) is 0.316. The van der Waals surface area contributed by atoms with E-state index in [9.17, 15) is 4.79 Å². The van der Waals surface area contributed by atoms with Gasteiger partial charge in [0.15, 0.2) is 0 Å². The molecule has 2 aromatic carbocycles. The molecule has 4 nitrogen and oxygen atoms in total. The second-order valence-corrected chi connectivity index (χ2v) is 6.52. The predicted octanol–water partition coefficient (Wildman–Crippen LogP) is 2.27. The Hall–Kier alpha value is -2.17. The molecule has 1 fully saturated rings. The molecule has 2 aliphatic heterocycles. The third-order valence-electron chi connectivity index (χ3n) is 5.09. The normalized spacial score (nSPS) is 23.3. The second-order valence-electron chi connectivity index (χ2n) is 6.52. The number of hydrogen-bond acceptors (Lipinski definition) is 3. The summed E-state index contributed by atoms with van der Waals surface area (Å²) in [6.45, 7) is 2.59. The zero-order valence-corrected chi connectivity index (χ0v) is 13.0. The van der Waals surface area contributed by atoms with Crippen LogP contribution in [0.2, 0.25) is 0 Å². The summed E-state index contributed by atoms with van der Waals surface area (Å²) in [5.41, 5.74) is 3.86. The first-order valence-corrected chi connectivity index (χ1v) is 8.03. The van der Waals surface area contributed by atoms with Crippen LogP contribution in [0.1, 0.15) is 23.1 Å². The van der Waals surface area contributed by atoms with Crippen molar-refractivity contribution < 1.29 is 9.90 Å². The molecule has 1 atom stereocenters. The topological polar surface area (TPSA) is 52.6 Å². The van der Waals surface area contributed by atoms with Crippen molar-refractivity contribution in [2.45, 2.75) is 25.0 Å². The summed E-state index contributed by atoms with van der Waals surface area (Å²) in [5, 5.41) is 12.2. The Kier molecular flexibility index (Phi) is 3.43. The number of rotatable bonds is 3. The number of aliphatic hydroxyl groups excluding tert-OH is 1. The van der Waals surface area contributed by atoms with E-state index in [2.05, 4.69) is 28.4 Å². The molecule has 2 aliphatic rings. The Morgan fingerprint density at radius 2 is 1.83 bits per heavy atom. The van der Waals surface area contributed by atoms with Crippen LogP contribution in [-0.4, -0.2) is 29.0 Å². The van der Waals surface area contributed by atoms with Gasteiger partial charge in [0.2, 0.25) is 5.91 Å². The van der Waals surface area contributed by atoms with E-state index in [0.717, 1.165) is 42.9 Å². The maximum atomic E-state index is 12.6. The van der Waals surface area contributed by atoms with Crippen molar-refractivity contribution in [3.63, 3.8) is 0 Å². The zero-order chi connectivity index (χ0) is 15.9. The maximum Gasteiger partial charge on any atom is 0.236 e. The van der Waals surface area contributed by atoms with E-state index in [0.29, 0.717) is 0 Å². The van der Waals surface area contributed by atoms with Gasteiger partial charge in [-0.05, 0) is 35.7 Å². The lowest BCUT2D eigenvalue weighted by Gasteiger charge is -2.22. The molecule has 4 heteroatoms. The van der Waals surface area contributed by atoms with E-state index in [-0.39, 0.29) is 17.9 Å². The van der Waals surface area contributed by atoms with Gasteiger partial charge >= 0.3 is 0 Å². The average molecular weight is 308 g/mol. The number of likely N-dealkylation sites (tertiary alicyclic amines) is 1. The van der Waals surface area contributed by atoms with E-state index < -0.39 is 0 Å². The predicted molar refractivity (Wildman–Crippen MR) is 89.0 cm³/mol. The number of para-hydroxylation sites is 1. The highest BCUT2D eigenvalue weighted by Gasteiger charge is 2.50.